The van der Waals surface area contributed by atoms with Crippen molar-refractivity contribution in [2.24, 2.45) is 0 Å². The number of hydrogen-bond acceptors (Lipinski definition) is 3. The molecule has 0 bridgehead atoms. The SMILES string of the molecule is COc1c(C)cc(C(c2ccccc2O)c2cc(C)c(CO)c(C)c2C)c(C)c1C. The van der Waals surface area contributed by atoms with Crippen LogP contribution >= 0.6 is 0 Å². The van der Waals surface area contributed by atoms with Crippen LogP contribution in [-0.2, 0) is 6.61 Å². The molecule has 3 nitrogen and oxygen atoms in total. The average molecular weight is 405 g/mol. The number of rotatable bonds is 5. The molecule has 0 fully saturated rings. The highest BCUT2D eigenvalue weighted by molar-refractivity contribution is 5.59. The van der Waals surface area contributed by atoms with Gasteiger partial charge in [-0.25, -0.2) is 0 Å². The zero-order valence-electron chi connectivity index (χ0n) is 19.1. The molecule has 0 saturated heterocycles. The number of hydrogen-bond donors (Lipinski definition) is 2. The molecule has 1 atom stereocenters. The van der Waals surface area contributed by atoms with Gasteiger partial charge < -0.3 is 14.9 Å². The number of methoxy groups -OCH3 is 1. The highest BCUT2D eigenvalue weighted by Gasteiger charge is 2.26. The molecule has 0 aliphatic heterocycles. The Bertz CT molecular complexity index is 1030. The van der Waals surface area contributed by atoms with Gasteiger partial charge in [0.05, 0.1) is 13.7 Å². The second kappa shape index (κ2) is 8.53. The van der Waals surface area contributed by atoms with Gasteiger partial charge in [-0.15, -0.1) is 0 Å². The van der Waals surface area contributed by atoms with Gasteiger partial charge in [-0.2, -0.15) is 0 Å². The van der Waals surface area contributed by atoms with Gasteiger partial charge in [0.15, 0.2) is 0 Å². The van der Waals surface area contributed by atoms with Crippen molar-refractivity contribution in [1.29, 1.82) is 0 Å². The number of phenolic OH excluding ortho intramolecular Hbond substituents is 1. The normalized spacial score (nSPS) is 12.1. The van der Waals surface area contributed by atoms with E-state index in [4.69, 9.17) is 4.74 Å². The molecule has 2 N–H and O–H groups in total. The first kappa shape index (κ1) is 21.9. The van der Waals surface area contributed by atoms with Gasteiger partial charge in [-0.05, 0) is 97.7 Å². The quantitative estimate of drug-likeness (QED) is 0.519. The summed E-state index contributed by atoms with van der Waals surface area (Å²) in [6.07, 6.45) is 0. The van der Waals surface area contributed by atoms with Gasteiger partial charge >= 0.3 is 0 Å². The van der Waals surface area contributed by atoms with E-state index in [9.17, 15) is 10.2 Å². The van der Waals surface area contributed by atoms with E-state index in [-0.39, 0.29) is 18.3 Å². The van der Waals surface area contributed by atoms with E-state index < -0.39 is 0 Å². The van der Waals surface area contributed by atoms with Crippen LogP contribution in [0, 0.1) is 41.5 Å². The summed E-state index contributed by atoms with van der Waals surface area (Å²) in [5.74, 6) is 1.07. The Balaban J connectivity index is 2.41. The summed E-state index contributed by atoms with van der Waals surface area (Å²) in [5.41, 5.74) is 10.8. The van der Waals surface area contributed by atoms with Gasteiger partial charge in [0.1, 0.15) is 11.5 Å². The third-order valence-electron chi connectivity index (χ3n) is 6.59. The van der Waals surface area contributed by atoms with Crippen LogP contribution < -0.4 is 4.74 Å². The first-order chi connectivity index (χ1) is 14.2. The van der Waals surface area contributed by atoms with E-state index in [0.717, 1.165) is 61.4 Å². The van der Waals surface area contributed by atoms with Crippen LogP contribution in [0.5, 0.6) is 11.5 Å². The van der Waals surface area contributed by atoms with Crippen LogP contribution in [0.1, 0.15) is 61.6 Å². The molecule has 0 heterocycles. The molecular formula is C27H32O3. The summed E-state index contributed by atoms with van der Waals surface area (Å²) in [5, 5.41) is 20.7. The molecule has 0 aromatic heterocycles. The lowest BCUT2D eigenvalue weighted by Crippen LogP contribution is -2.12. The monoisotopic (exact) mass is 404 g/mol. The molecule has 1 unspecified atom stereocenters. The van der Waals surface area contributed by atoms with Crippen LogP contribution in [0.3, 0.4) is 0 Å². The largest absolute Gasteiger partial charge is 0.508 e. The Morgan fingerprint density at radius 3 is 1.90 bits per heavy atom. The minimum Gasteiger partial charge on any atom is -0.508 e. The molecule has 3 rings (SSSR count). The number of aliphatic hydroxyl groups is 1. The predicted molar refractivity (Wildman–Crippen MR) is 123 cm³/mol. The summed E-state index contributed by atoms with van der Waals surface area (Å²) in [6, 6.07) is 11.9. The number of para-hydroxylation sites is 1. The number of ether oxygens (including phenoxy) is 1. The van der Waals surface area contributed by atoms with Crippen LogP contribution in [0.25, 0.3) is 0 Å². The van der Waals surface area contributed by atoms with Crippen LogP contribution in [-0.4, -0.2) is 17.3 Å². The lowest BCUT2D eigenvalue weighted by molar-refractivity contribution is 0.280. The summed E-state index contributed by atoms with van der Waals surface area (Å²) in [6.45, 7) is 12.5. The van der Waals surface area contributed by atoms with Crippen LogP contribution in [0.2, 0.25) is 0 Å². The Morgan fingerprint density at radius 1 is 0.767 bits per heavy atom. The van der Waals surface area contributed by atoms with E-state index in [2.05, 4.69) is 46.8 Å². The van der Waals surface area contributed by atoms with Crippen LogP contribution in [0.4, 0.5) is 0 Å². The number of benzene rings is 3. The van der Waals surface area contributed by atoms with Crippen molar-refractivity contribution in [3.63, 3.8) is 0 Å². The third kappa shape index (κ3) is 3.59. The van der Waals surface area contributed by atoms with E-state index in [1.54, 1.807) is 13.2 Å². The zero-order valence-corrected chi connectivity index (χ0v) is 19.1. The third-order valence-corrected chi connectivity index (χ3v) is 6.59. The lowest BCUT2D eigenvalue weighted by Gasteiger charge is -2.27. The topological polar surface area (TPSA) is 49.7 Å². The van der Waals surface area contributed by atoms with Crippen molar-refractivity contribution in [2.45, 2.75) is 54.1 Å². The fourth-order valence-corrected chi connectivity index (χ4v) is 4.65. The Labute approximate surface area is 180 Å². The highest BCUT2D eigenvalue weighted by Crippen LogP contribution is 2.43. The number of aryl methyl sites for hydroxylation is 2. The zero-order chi connectivity index (χ0) is 22.2. The molecule has 30 heavy (non-hydrogen) atoms. The maximum Gasteiger partial charge on any atom is 0.124 e. The van der Waals surface area contributed by atoms with Crippen molar-refractivity contribution in [2.75, 3.05) is 7.11 Å². The van der Waals surface area contributed by atoms with Gasteiger partial charge in [-0.1, -0.05) is 30.3 Å². The van der Waals surface area contributed by atoms with Crippen LogP contribution in [0.15, 0.2) is 36.4 Å². The Morgan fingerprint density at radius 2 is 1.33 bits per heavy atom. The van der Waals surface area contributed by atoms with Crippen molar-refractivity contribution in [1.82, 2.24) is 0 Å². The number of aromatic hydroxyl groups is 1. The molecular weight excluding hydrogens is 372 g/mol. The van der Waals surface area contributed by atoms with E-state index in [1.165, 1.54) is 0 Å². The van der Waals surface area contributed by atoms with Gasteiger partial charge in [0.2, 0.25) is 0 Å². The molecule has 158 valence electrons. The average Bonchev–Trinajstić information content (AvgIpc) is 2.71. The molecule has 0 aliphatic carbocycles. The summed E-state index contributed by atoms with van der Waals surface area (Å²) in [4.78, 5) is 0. The van der Waals surface area contributed by atoms with Gasteiger partial charge in [0, 0.05) is 11.5 Å². The number of aliphatic hydroxyl groups excluding tert-OH is 1. The maximum absolute atomic E-state index is 10.8. The minimum absolute atomic E-state index is 0.0276. The summed E-state index contributed by atoms with van der Waals surface area (Å²) < 4.78 is 5.64. The fourth-order valence-electron chi connectivity index (χ4n) is 4.65. The predicted octanol–water partition coefficient (Wildman–Crippen LogP) is 5.92. The molecule has 3 aromatic carbocycles. The molecule has 0 amide bonds. The van der Waals surface area contributed by atoms with Gasteiger partial charge in [0.25, 0.3) is 0 Å². The van der Waals surface area contributed by atoms with E-state index >= 15 is 0 Å². The molecule has 0 aliphatic rings. The van der Waals surface area contributed by atoms with Crippen molar-refractivity contribution in [3.8, 4) is 11.5 Å². The molecule has 3 aromatic rings. The second-order valence-corrected chi connectivity index (χ2v) is 8.23. The molecule has 0 saturated carbocycles. The summed E-state index contributed by atoms with van der Waals surface area (Å²) in [7, 11) is 1.71. The van der Waals surface area contributed by atoms with Crippen molar-refractivity contribution in [3.05, 3.63) is 92.0 Å². The Hall–Kier alpha value is -2.78. The molecule has 0 radical (unpaired) electrons. The van der Waals surface area contributed by atoms with Crippen molar-refractivity contribution < 1.29 is 14.9 Å². The second-order valence-electron chi connectivity index (χ2n) is 8.23. The Kier molecular flexibility index (Phi) is 6.23. The van der Waals surface area contributed by atoms with E-state index in [1.807, 2.05) is 25.1 Å². The highest BCUT2D eigenvalue weighted by atomic mass is 16.5. The molecule has 0 spiro atoms. The first-order valence-corrected chi connectivity index (χ1v) is 10.4. The molecule has 3 heteroatoms. The lowest BCUT2D eigenvalue weighted by atomic mass is 9.77. The number of phenols is 1. The van der Waals surface area contributed by atoms with Gasteiger partial charge in [-0.3, -0.25) is 0 Å². The van der Waals surface area contributed by atoms with E-state index in [0.29, 0.717) is 0 Å². The smallest absolute Gasteiger partial charge is 0.124 e. The van der Waals surface area contributed by atoms with Crippen molar-refractivity contribution >= 4 is 0 Å². The standard InChI is InChI=1S/C27H32O3/c1-15-12-22(17(3)18(4)24(15)14-28)26(21-10-8-9-11-25(21)29)23-13-16(2)27(30-7)20(6)19(23)5/h8-13,26,28-29H,14H2,1-7H3. The maximum atomic E-state index is 10.8. The first-order valence-electron chi connectivity index (χ1n) is 10.4. The summed E-state index contributed by atoms with van der Waals surface area (Å²) >= 11 is 0. The minimum atomic E-state index is -0.125. The fraction of sp³-hybridized carbons (Fsp3) is 0.333.